The van der Waals surface area contributed by atoms with E-state index in [2.05, 4.69) is 20.8 Å². The molecule has 1 nitrogen and oxygen atoms in total. The second-order valence-corrected chi connectivity index (χ2v) is 5.23. The maximum absolute atomic E-state index is 9.91. The molecule has 2 saturated carbocycles. The average Bonchev–Trinajstić information content (AvgIpc) is 2.36. The van der Waals surface area contributed by atoms with Crippen molar-refractivity contribution in [1.29, 1.82) is 0 Å². The molecule has 2 aliphatic carbocycles. The number of hydrogen-bond donors (Lipinski definition) is 1. The van der Waals surface area contributed by atoms with E-state index < -0.39 is 0 Å². The Bertz CT molecular complexity index is 183. The van der Waals surface area contributed by atoms with Crippen LogP contribution in [-0.2, 0) is 0 Å². The average molecular weight is 154 g/mol. The maximum atomic E-state index is 9.91. The molecule has 1 heteroatoms. The molecule has 0 saturated heterocycles. The molecular weight excluding hydrogens is 136 g/mol. The van der Waals surface area contributed by atoms with Gasteiger partial charge in [0.2, 0.25) is 0 Å². The predicted octanol–water partition coefficient (Wildman–Crippen LogP) is 2.19. The van der Waals surface area contributed by atoms with Gasteiger partial charge in [0.25, 0.3) is 0 Å². The van der Waals surface area contributed by atoms with Crippen LogP contribution in [0.1, 0.15) is 40.0 Å². The molecule has 0 aromatic rings. The van der Waals surface area contributed by atoms with Crippen molar-refractivity contribution in [2.24, 2.45) is 16.7 Å². The van der Waals surface area contributed by atoms with E-state index in [0.29, 0.717) is 11.3 Å². The number of hydrogen-bond acceptors (Lipinski definition) is 1. The second-order valence-electron chi connectivity index (χ2n) is 5.23. The third kappa shape index (κ3) is 0.703. The molecule has 2 bridgehead atoms. The zero-order chi connectivity index (χ0) is 8.28. The summed E-state index contributed by atoms with van der Waals surface area (Å²) >= 11 is 0. The minimum atomic E-state index is -0.0405. The Morgan fingerprint density at radius 3 is 2.18 bits per heavy atom. The van der Waals surface area contributed by atoms with Crippen molar-refractivity contribution in [2.45, 2.75) is 46.1 Å². The molecule has 0 aromatic heterocycles. The molecule has 2 rings (SSSR count). The van der Waals surface area contributed by atoms with Gasteiger partial charge >= 0.3 is 0 Å². The lowest BCUT2D eigenvalue weighted by atomic mass is 9.65. The van der Waals surface area contributed by atoms with E-state index in [9.17, 15) is 5.11 Å². The van der Waals surface area contributed by atoms with Gasteiger partial charge in [-0.15, -0.1) is 0 Å². The third-order valence-electron chi connectivity index (χ3n) is 4.52. The molecule has 0 heterocycles. The van der Waals surface area contributed by atoms with Crippen molar-refractivity contribution in [2.75, 3.05) is 0 Å². The first-order valence-electron chi connectivity index (χ1n) is 4.65. The number of aliphatic hydroxyl groups excluding tert-OH is 1. The van der Waals surface area contributed by atoms with E-state index in [1.165, 1.54) is 19.3 Å². The highest BCUT2D eigenvalue weighted by Gasteiger charge is 2.59. The quantitative estimate of drug-likeness (QED) is 0.567. The molecule has 0 spiro atoms. The molecular formula is C10H18O. The highest BCUT2D eigenvalue weighted by atomic mass is 16.3. The first-order valence-corrected chi connectivity index (χ1v) is 4.65. The molecule has 11 heavy (non-hydrogen) atoms. The van der Waals surface area contributed by atoms with Crippen LogP contribution in [-0.4, -0.2) is 11.2 Å². The van der Waals surface area contributed by atoms with Crippen molar-refractivity contribution in [3.8, 4) is 0 Å². The second kappa shape index (κ2) is 1.82. The minimum Gasteiger partial charge on any atom is -0.392 e. The monoisotopic (exact) mass is 154 g/mol. The summed E-state index contributed by atoms with van der Waals surface area (Å²) < 4.78 is 0. The Labute approximate surface area is 68.8 Å². The van der Waals surface area contributed by atoms with Gasteiger partial charge in [-0.1, -0.05) is 20.8 Å². The van der Waals surface area contributed by atoms with E-state index in [-0.39, 0.29) is 11.5 Å². The Kier molecular flexibility index (Phi) is 1.26. The summed E-state index contributed by atoms with van der Waals surface area (Å²) in [7, 11) is 0. The van der Waals surface area contributed by atoms with Gasteiger partial charge < -0.3 is 5.11 Å². The zero-order valence-corrected chi connectivity index (χ0v) is 7.72. The summed E-state index contributed by atoms with van der Waals surface area (Å²) in [4.78, 5) is 0. The lowest BCUT2D eigenvalue weighted by Gasteiger charge is -2.42. The highest BCUT2D eigenvalue weighted by molar-refractivity contribution is 5.09. The standard InChI is InChI=1S/C10H18O/c1-9(2)8(11)7-4-5-10(9,3)6-7/h7-8,11H,4-6H2,1-3H3/t7-,8+,10+/m0/s1. The van der Waals surface area contributed by atoms with Crippen LogP contribution in [0.4, 0.5) is 0 Å². The lowest BCUT2D eigenvalue weighted by molar-refractivity contribution is -0.0302. The van der Waals surface area contributed by atoms with Crippen LogP contribution in [0.5, 0.6) is 0 Å². The van der Waals surface area contributed by atoms with Crippen LogP contribution >= 0.6 is 0 Å². The van der Waals surface area contributed by atoms with Gasteiger partial charge in [0, 0.05) is 0 Å². The Balaban J connectivity index is 2.36. The fraction of sp³-hybridized carbons (Fsp3) is 1.00. The summed E-state index contributed by atoms with van der Waals surface area (Å²) in [5, 5.41) is 9.91. The van der Waals surface area contributed by atoms with Gasteiger partial charge in [-0.2, -0.15) is 0 Å². The van der Waals surface area contributed by atoms with E-state index in [0.717, 1.165) is 0 Å². The SMILES string of the molecule is CC1(C)[C@H](O)[C@H]2CC[C@]1(C)C2. The van der Waals surface area contributed by atoms with Crippen LogP contribution in [0.2, 0.25) is 0 Å². The Morgan fingerprint density at radius 2 is 1.91 bits per heavy atom. The van der Waals surface area contributed by atoms with Crippen LogP contribution in [0.15, 0.2) is 0 Å². The summed E-state index contributed by atoms with van der Waals surface area (Å²) in [6.07, 6.45) is 3.78. The normalized spacial score (nSPS) is 53.5. The van der Waals surface area contributed by atoms with Crippen LogP contribution in [0.25, 0.3) is 0 Å². The van der Waals surface area contributed by atoms with Gasteiger partial charge in [0.15, 0.2) is 0 Å². The van der Waals surface area contributed by atoms with Gasteiger partial charge in [0.05, 0.1) is 6.10 Å². The number of fused-ring (bicyclic) bond motifs is 2. The molecule has 0 aromatic carbocycles. The van der Waals surface area contributed by atoms with E-state index in [4.69, 9.17) is 0 Å². The summed E-state index contributed by atoms with van der Waals surface area (Å²) in [5.41, 5.74) is 0.590. The molecule has 64 valence electrons. The number of rotatable bonds is 0. The van der Waals surface area contributed by atoms with Crippen LogP contribution in [0.3, 0.4) is 0 Å². The van der Waals surface area contributed by atoms with Crippen molar-refractivity contribution in [1.82, 2.24) is 0 Å². The molecule has 0 radical (unpaired) electrons. The van der Waals surface area contributed by atoms with Gasteiger partial charge in [-0.25, -0.2) is 0 Å². The maximum Gasteiger partial charge on any atom is 0.0624 e. The largest absolute Gasteiger partial charge is 0.392 e. The Morgan fingerprint density at radius 1 is 1.27 bits per heavy atom. The highest BCUT2D eigenvalue weighted by Crippen LogP contribution is 2.63. The molecule has 3 atom stereocenters. The molecule has 2 aliphatic rings. The fourth-order valence-electron chi connectivity index (χ4n) is 3.09. The molecule has 0 aliphatic heterocycles. The summed E-state index contributed by atoms with van der Waals surface area (Å²) in [6, 6.07) is 0. The fourth-order valence-corrected chi connectivity index (χ4v) is 3.09. The van der Waals surface area contributed by atoms with Crippen molar-refractivity contribution in [3.63, 3.8) is 0 Å². The van der Waals surface area contributed by atoms with Gasteiger partial charge in [-0.3, -0.25) is 0 Å². The Hall–Kier alpha value is -0.0400. The molecule has 2 fully saturated rings. The van der Waals surface area contributed by atoms with E-state index >= 15 is 0 Å². The van der Waals surface area contributed by atoms with Crippen molar-refractivity contribution in [3.05, 3.63) is 0 Å². The van der Waals surface area contributed by atoms with E-state index in [1.807, 2.05) is 0 Å². The van der Waals surface area contributed by atoms with Crippen molar-refractivity contribution < 1.29 is 5.11 Å². The minimum absolute atomic E-state index is 0.0405. The van der Waals surface area contributed by atoms with E-state index in [1.54, 1.807) is 0 Å². The zero-order valence-electron chi connectivity index (χ0n) is 7.72. The lowest BCUT2D eigenvalue weighted by Crippen LogP contribution is -2.40. The first kappa shape index (κ1) is 7.60. The smallest absolute Gasteiger partial charge is 0.0624 e. The number of aliphatic hydroxyl groups is 1. The van der Waals surface area contributed by atoms with Gasteiger partial charge in [0.1, 0.15) is 0 Å². The topological polar surface area (TPSA) is 20.2 Å². The van der Waals surface area contributed by atoms with Gasteiger partial charge in [-0.05, 0) is 36.0 Å². The summed E-state index contributed by atoms with van der Waals surface area (Å²) in [6.45, 7) is 6.77. The third-order valence-corrected chi connectivity index (χ3v) is 4.52. The van der Waals surface area contributed by atoms with Crippen LogP contribution < -0.4 is 0 Å². The molecule has 1 N–H and O–H groups in total. The molecule has 0 unspecified atom stereocenters. The molecule has 0 amide bonds. The summed E-state index contributed by atoms with van der Waals surface area (Å²) in [5.74, 6) is 0.606. The van der Waals surface area contributed by atoms with Crippen LogP contribution in [0, 0.1) is 16.7 Å². The predicted molar refractivity (Wildman–Crippen MR) is 45.2 cm³/mol. The van der Waals surface area contributed by atoms with Crippen molar-refractivity contribution >= 4 is 0 Å². The first-order chi connectivity index (χ1) is 4.97.